The Morgan fingerprint density at radius 1 is 1.03 bits per heavy atom. The van der Waals surface area contributed by atoms with Gasteiger partial charge in [-0.05, 0) is 48.4 Å². The second-order valence-electron chi connectivity index (χ2n) is 9.86. The Balaban J connectivity index is 1.96. The summed E-state index contributed by atoms with van der Waals surface area (Å²) in [5, 5.41) is 0. The SMILES string of the molecule is CCCC[C@@H]1CN(c2ccccc2)c2cc(N(C)C)c(C(=O)OC)cc2S(=O)(=O)N1Cc1ccc(OC)cc1. The smallest absolute Gasteiger partial charge is 0.340 e. The molecule has 1 atom stereocenters. The molecule has 0 bridgehead atoms. The van der Waals surface area contributed by atoms with Gasteiger partial charge in [-0.25, -0.2) is 13.2 Å². The van der Waals surface area contributed by atoms with Crippen LogP contribution < -0.4 is 14.5 Å². The number of ether oxygens (including phenoxy) is 2. The summed E-state index contributed by atoms with van der Waals surface area (Å²) >= 11 is 0. The van der Waals surface area contributed by atoms with Gasteiger partial charge in [0.15, 0.2) is 0 Å². The van der Waals surface area contributed by atoms with E-state index in [0.29, 0.717) is 30.1 Å². The predicted octanol–water partition coefficient (Wildman–Crippen LogP) is 5.45. The van der Waals surface area contributed by atoms with Gasteiger partial charge in [-0.1, -0.05) is 50.1 Å². The molecule has 3 aromatic rings. The van der Waals surface area contributed by atoms with Gasteiger partial charge in [0.25, 0.3) is 0 Å². The molecule has 39 heavy (non-hydrogen) atoms. The summed E-state index contributed by atoms with van der Waals surface area (Å²) in [6.45, 7) is 2.78. The van der Waals surface area contributed by atoms with E-state index < -0.39 is 16.0 Å². The zero-order valence-electron chi connectivity index (χ0n) is 23.3. The minimum absolute atomic E-state index is 0.0878. The maximum absolute atomic E-state index is 14.6. The first-order valence-corrected chi connectivity index (χ1v) is 14.6. The Hall–Kier alpha value is -3.56. The molecular weight excluding hydrogens is 514 g/mol. The van der Waals surface area contributed by atoms with E-state index in [-0.39, 0.29) is 23.0 Å². The van der Waals surface area contributed by atoms with Crippen molar-refractivity contribution in [1.29, 1.82) is 0 Å². The van der Waals surface area contributed by atoms with E-state index in [4.69, 9.17) is 9.47 Å². The number of para-hydroxylation sites is 1. The first-order valence-electron chi connectivity index (χ1n) is 13.1. The van der Waals surface area contributed by atoms with Crippen molar-refractivity contribution < 1.29 is 22.7 Å². The highest BCUT2D eigenvalue weighted by atomic mass is 32.2. The molecular formula is C30H37N3O5S. The molecule has 0 aromatic heterocycles. The molecule has 208 valence electrons. The summed E-state index contributed by atoms with van der Waals surface area (Å²) in [4.78, 5) is 16.8. The van der Waals surface area contributed by atoms with Crippen molar-refractivity contribution in [2.24, 2.45) is 0 Å². The summed E-state index contributed by atoms with van der Waals surface area (Å²) in [7, 11) is 2.53. The fourth-order valence-corrected chi connectivity index (χ4v) is 6.83. The van der Waals surface area contributed by atoms with Crippen molar-refractivity contribution in [2.75, 3.05) is 44.7 Å². The van der Waals surface area contributed by atoms with Gasteiger partial charge in [0, 0.05) is 38.9 Å². The highest BCUT2D eigenvalue weighted by Crippen LogP contribution is 2.42. The van der Waals surface area contributed by atoms with Crippen LogP contribution >= 0.6 is 0 Å². The summed E-state index contributed by atoms with van der Waals surface area (Å²) in [5.41, 5.74) is 3.07. The molecule has 0 saturated heterocycles. The third-order valence-electron chi connectivity index (χ3n) is 7.10. The molecule has 1 aliphatic rings. The summed E-state index contributed by atoms with van der Waals surface area (Å²) in [6, 6.07) is 20.2. The Bertz CT molecular complexity index is 1390. The van der Waals surface area contributed by atoms with Crippen LogP contribution in [-0.2, 0) is 21.3 Å². The number of anilines is 3. The molecule has 1 aliphatic heterocycles. The molecule has 8 nitrogen and oxygen atoms in total. The maximum Gasteiger partial charge on any atom is 0.340 e. The van der Waals surface area contributed by atoms with Gasteiger partial charge in [-0.3, -0.25) is 0 Å². The molecule has 3 aromatic carbocycles. The first kappa shape index (κ1) is 28.4. The number of esters is 1. The molecule has 0 N–H and O–H groups in total. The Kier molecular flexibility index (Phi) is 8.82. The fraction of sp³-hybridized carbons (Fsp3) is 0.367. The van der Waals surface area contributed by atoms with Gasteiger partial charge in [-0.2, -0.15) is 4.31 Å². The third kappa shape index (κ3) is 5.89. The van der Waals surface area contributed by atoms with E-state index in [1.54, 1.807) is 22.4 Å². The van der Waals surface area contributed by atoms with Gasteiger partial charge in [0.2, 0.25) is 10.0 Å². The van der Waals surface area contributed by atoms with E-state index in [9.17, 15) is 13.2 Å². The second-order valence-corrected chi connectivity index (χ2v) is 11.7. The van der Waals surface area contributed by atoms with Crippen LogP contribution in [0, 0.1) is 0 Å². The van der Waals surface area contributed by atoms with E-state index in [2.05, 4.69) is 11.8 Å². The van der Waals surface area contributed by atoms with E-state index in [0.717, 1.165) is 24.1 Å². The average molecular weight is 552 g/mol. The van der Waals surface area contributed by atoms with Crippen LogP contribution in [-0.4, -0.2) is 59.6 Å². The Labute approximate surface area is 231 Å². The third-order valence-corrected chi connectivity index (χ3v) is 9.03. The quantitative estimate of drug-likeness (QED) is 0.327. The minimum Gasteiger partial charge on any atom is -0.497 e. The molecule has 1 heterocycles. The molecule has 0 unspecified atom stereocenters. The lowest BCUT2D eigenvalue weighted by molar-refractivity contribution is 0.0601. The first-order chi connectivity index (χ1) is 18.7. The normalized spacial score (nSPS) is 16.7. The van der Waals surface area contributed by atoms with Crippen molar-refractivity contribution >= 4 is 33.1 Å². The predicted molar refractivity (Wildman–Crippen MR) is 155 cm³/mol. The van der Waals surface area contributed by atoms with Gasteiger partial charge in [0.1, 0.15) is 10.6 Å². The number of hydrogen-bond donors (Lipinski definition) is 0. The number of hydrogen-bond acceptors (Lipinski definition) is 7. The lowest BCUT2D eigenvalue weighted by Crippen LogP contribution is -2.43. The number of rotatable bonds is 9. The zero-order chi connectivity index (χ0) is 28.2. The molecule has 0 fully saturated rings. The zero-order valence-corrected chi connectivity index (χ0v) is 24.1. The van der Waals surface area contributed by atoms with Gasteiger partial charge < -0.3 is 19.3 Å². The lowest BCUT2D eigenvalue weighted by atomic mass is 10.1. The van der Waals surface area contributed by atoms with Gasteiger partial charge in [0.05, 0.1) is 31.2 Å². The molecule has 9 heteroatoms. The minimum atomic E-state index is -4.03. The Morgan fingerprint density at radius 3 is 2.31 bits per heavy atom. The molecule has 0 radical (unpaired) electrons. The molecule has 0 saturated carbocycles. The van der Waals surface area contributed by atoms with Crippen LogP contribution in [0.15, 0.2) is 71.6 Å². The molecule has 0 spiro atoms. The number of unbranched alkanes of at least 4 members (excludes halogenated alkanes) is 1. The molecule has 0 amide bonds. The number of fused-ring (bicyclic) bond motifs is 1. The fourth-order valence-electron chi connectivity index (χ4n) is 4.99. The summed E-state index contributed by atoms with van der Waals surface area (Å²) < 4.78 is 41.1. The molecule has 4 rings (SSSR count). The van der Waals surface area contributed by atoms with Crippen LogP contribution in [0.25, 0.3) is 0 Å². The van der Waals surface area contributed by atoms with Crippen LogP contribution in [0.4, 0.5) is 17.1 Å². The number of benzene rings is 3. The standard InChI is InChI=1S/C30H37N3O5S/c1-6-7-11-24-21-32(23-12-9-8-10-13-23)28-19-27(31(2)3)26(30(34)38-5)18-29(28)39(35,36)33(24)20-22-14-16-25(37-4)17-15-22/h8-10,12-19,24H,6-7,11,20-21H2,1-5H3/t24-/m1/s1. The number of methoxy groups -OCH3 is 2. The highest BCUT2D eigenvalue weighted by molar-refractivity contribution is 7.89. The van der Waals surface area contributed by atoms with E-state index in [1.165, 1.54) is 13.2 Å². The van der Waals surface area contributed by atoms with Crippen LogP contribution in [0.5, 0.6) is 5.75 Å². The lowest BCUT2D eigenvalue weighted by Gasteiger charge is -2.32. The van der Waals surface area contributed by atoms with E-state index >= 15 is 0 Å². The Morgan fingerprint density at radius 2 is 1.72 bits per heavy atom. The number of carbonyl (C=O) groups is 1. The van der Waals surface area contributed by atoms with Crippen molar-refractivity contribution in [3.63, 3.8) is 0 Å². The maximum atomic E-state index is 14.6. The van der Waals surface area contributed by atoms with Crippen molar-refractivity contribution in [2.45, 2.75) is 43.7 Å². The van der Waals surface area contributed by atoms with Crippen LogP contribution in [0.3, 0.4) is 0 Å². The summed E-state index contributed by atoms with van der Waals surface area (Å²) in [6.07, 6.45) is 2.53. The topological polar surface area (TPSA) is 79.4 Å². The van der Waals surface area contributed by atoms with E-state index in [1.807, 2.05) is 68.7 Å². The highest BCUT2D eigenvalue weighted by Gasteiger charge is 2.40. The van der Waals surface area contributed by atoms with Crippen molar-refractivity contribution in [3.8, 4) is 5.75 Å². The van der Waals surface area contributed by atoms with Crippen molar-refractivity contribution in [1.82, 2.24) is 4.31 Å². The van der Waals surface area contributed by atoms with Gasteiger partial charge in [-0.15, -0.1) is 0 Å². The number of carbonyl (C=O) groups excluding carboxylic acids is 1. The van der Waals surface area contributed by atoms with Crippen LogP contribution in [0.1, 0.15) is 42.1 Å². The largest absolute Gasteiger partial charge is 0.497 e. The number of sulfonamides is 1. The number of nitrogens with zero attached hydrogens (tertiary/aromatic N) is 3. The second kappa shape index (κ2) is 12.1. The van der Waals surface area contributed by atoms with Crippen molar-refractivity contribution in [3.05, 3.63) is 77.9 Å². The molecule has 0 aliphatic carbocycles. The summed E-state index contributed by atoms with van der Waals surface area (Å²) in [5.74, 6) is 0.121. The monoisotopic (exact) mass is 551 g/mol. The average Bonchev–Trinajstić information content (AvgIpc) is 3.04. The van der Waals surface area contributed by atoms with Gasteiger partial charge >= 0.3 is 5.97 Å². The van der Waals surface area contributed by atoms with Crippen LogP contribution in [0.2, 0.25) is 0 Å².